The molecule has 2 heterocycles. The SMILES string of the molecule is COc1nccnc1NCCc1noc(CO)n1. The summed E-state index contributed by atoms with van der Waals surface area (Å²) in [6.07, 6.45) is 3.67. The van der Waals surface area contributed by atoms with Crippen LogP contribution in [0.4, 0.5) is 5.82 Å². The van der Waals surface area contributed by atoms with Crippen molar-refractivity contribution in [1.29, 1.82) is 0 Å². The molecule has 2 aromatic rings. The molecule has 0 saturated heterocycles. The van der Waals surface area contributed by atoms with Crippen LogP contribution < -0.4 is 10.1 Å². The normalized spacial score (nSPS) is 10.3. The fraction of sp³-hybridized carbons (Fsp3) is 0.400. The zero-order valence-corrected chi connectivity index (χ0v) is 9.83. The topological polar surface area (TPSA) is 106 Å². The molecule has 0 bridgehead atoms. The van der Waals surface area contributed by atoms with Crippen molar-refractivity contribution in [3.63, 3.8) is 0 Å². The number of nitrogens with zero attached hydrogens (tertiary/aromatic N) is 4. The highest BCUT2D eigenvalue weighted by molar-refractivity contribution is 5.44. The van der Waals surface area contributed by atoms with Crippen molar-refractivity contribution in [3.05, 3.63) is 24.1 Å². The minimum atomic E-state index is -0.252. The second kappa shape index (κ2) is 5.92. The number of aliphatic hydroxyl groups excluding tert-OH is 1. The Bertz CT molecular complexity index is 502. The molecule has 2 N–H and O–H groups in total. The van der Waals surface area contributed by atoms with Crippen LogP contribution in [0.15, 0.2) is 16.9 Å². The first kappa shape index (κ1) is 12.2. The van der Waals surface area contributed by atoms with Crippen molar-refractivity contribution in [2.45, 2.75) is 13.0 Å². The van der Waals surface area contributed by atoms with Gasteiger partial charge in [-0.05, 0) is 0 Å². The number of anilines is 1. The van der Waals surface area contributed by atoms with Gasteiger partial charge in [0.05, 0.1) is 7.11 Å². The molecule has 0 saturated carbocycles. The summed E-state index contributed by atoms with van der Waals surface area (Å²) in [4.78, 5) is 12.1. The van der Waals surface area contributed by atoms with Crippen LogP contribution in [0.3, 0.4) is 0 Å². The van der Waals surface area contributed by atoms with Crippen LogP contribution >= 0.6 is 0 Å². The first-order valence-electron chi connectivity index (χ1n) is 5.34. The zero-order chi connectivity index (χ0) is 12.8. The van der Waals surface area contributed by atoms with Gasteiger partial charge in [-0.25, -0.2) is 9.97 Å². The predicted molar refractivity (Wildman–Crippen MR) is 61.0 cm³/mol. The third-order valence-electron chi connectivity index (χ3n) is 2.14. The molecule has 0 unspecified atom stereocenters. The Labute approximate surface area is 103 Å². The molecule has 0 amide bonds. The molecule has 2 aromatic heterocycles. The fourth-order valence-corrected chi connectivity index (χ4v) is 1.34. The standard InChI is InChI=1S/C10H13N5O3/c1-17-10-9(12-4-5-13-10)11-3-2-7-14-8(6-16)18-15-7/h4-5,16H,2-3,6H2,1H3,(H,11,12). The molecule has 0 aromatic carbocycles. The van der Waals surface area contributed by atoms with E-state index in [1.807, 2.05) is 0 Å². The van der Waals surface area contributed by atoms with E-state index >= 15 is 0 Å². The van der Waals surface area contributed by atoms with E-state index < -0.39 is 0 Å². The maximum absolute atomic E-state index is 8.78. The Kier molecular flexibility index (Phi) is 4.02. The van der Waals surface area contributed by atoms with Crippen LogP contribution in [0.1, 0.15) is 11.7 Å². The molecule has 0 spiro atoms. The van der Waals surface area contributed by atoms with E-state index in [9.17, 15) is 0 Å². The number of rotatable bonds is 6. The lowest BCUT2D eigenvalue weighted by molar-refractivity contribution is 0.222. The number of ether oxygens (including phenoxy) is 1. The van der Waals surface area contributed by atoms with Gasteiger partial charge in [-0.2, -0.15) is 4.98 Å². The third-order valence-corrected chi connectivity index (χ3v) is 2.14. The molecule has 18 heavy (non-hydrogen) atoms. The van der Waals surface area contributed by atoms with E-state index in [1.54, 1.807) is 12.4 Å². The van der Waals surface area contributed by atoms with E-state index in [1.165, 1.54) is 7.11 Å². The molecule has 2 rings (SSSR count). The van der Waals surface area contributed by atoms with E-state index in [4.69, 9.17) is 14.4 Å². The molecule has 0 aliphatic carbocycles. The van der Waals surface area contributed by atoms with Gasteiger partial charge < -0.3 is 19.7 Å². The maximum atomic E-state index is 8.78. The van der Waals surface area contributed by atoms with Gasteiger partial charge in [0.1, 0.15) is 6.61 Å². The summed E-state index contributed by atoms with van der Waals surface area (Å²) in [6, 6.07) is 0. The Morgan fingerprint density at radius 1 is 1.39 bits per heavy atom. The Balaban J connectivity index is 1.88. The summed E-state index contributed by atoms with van der Waals surface area (Å²) in [7, 11) is 1.53. The molecule has 0 aliphatic rings. The molecule has 8 nitrogen and oxygen atoms in total. The van der Waals surface area contributed by atoms with Crippen LogP contribution in [-0.4, -0.2) is 38.9 Å². The minimum Gasteiger partial charge on any atom is -0.478 e. The monoisotopic (exact) mass is 251 g/mol. The molecular weight excluding hydrogens is 238 g/mol. The number of aliphatic hydroxyl groups is 1. The van der Waals surface area contributed by atoms with Crippen molar-refractivity contribution in [2.75, 3.05) is 19.0 Å². The summed E-state index contributed by atoms with van der Waals surface area (Å²) < 4.78 is 9.82. The lowest BCUT2D eigenvalue weighted by atomic mass is 10.4. The Morgan fingerprint density at radius 3 is 2.94 bits per heavy atom. The number of methoxy groups -OCH3 is 1. The summed E-state index contributed by atoms with van der Waals surface area (Å²) in [5.41, 5.74) is 0. The smallest absolute Gasteiger partial charge is 0.257 e. The van der Waals surface area contributed by atoms with Gasteiger partial charge in [-0.3, -0.25) is 0 Å². The second-order valence-corrected chi connectivity index (χ2v) is 3.35. The molecular formula is C10H13N5O3. The van der Waals surface area contributed by atoms with E-state index in [0.29, 0.717) is 30.5 Å². The van der Waals surface area contributed by atoms with Crippen molar-refractivity contribution in [3.8, 4) is 5.88 Å². The molecule has 8 heteroatoms. The number of aromatic nitrogens is 4. The van der Waals surface area contributed by atoms with E-state index in [0.717, 1.165) is 0 Å². The number of nitrogens with one attached hydrogen (secondary N) is 1. The average molecular weight is 251 g/mol. The van der Waals surface area contributed by atoms with E-state index in [-0.39, 0.29) is 12.5 Å². The zero-order valence-electron chi connectivity index (χ0n) is 9.83. The molecule has 0 aliphatic heterocycles. The summed E-state index contributed by atoms with van der Waals surface area (Å²) in [6.45, 7) is 0.303. The predicted octanol–water partition coefficient (Wildman–Crippen LogP) is 0.0151. The molecule has 0 radical (unpaired) electrons. The van der Waals surface area contributed by atoms with Crippen LogP contribution in [0, 0.1) is 0 Å². The molecule has 96 valence electrons. The van der Waals surface area contributed by atoms with Gasteiger partial charge in [0.15, 0.2) is 11.6 Å². The molecule has 0 atom stereocenters. The number of hydrogen-bond acceptors (Lipinski definition) is 8. The van der Waals surface area contributed by atoms with Gasteiger partial charge in [-0.1, -0.05) is 5.16 Å². The second-order valence-electron chi connectivity index (χ2n) is 3.35. The average Bonchev–Trinajstić information content (AvgIpc) is 2.87. The molecule has 0 fully saturated rings. The minimum absolute atomic E-state index is 0.210. The summed E-state index contributed by atoms with van der Waals surface area (Å²) in [5, 5.41) is 15.5. The van der Waals surface area contributed by atoms with Gasteiger partial charge in [0.2, 0.25) is 0 Å². The van der Waals surface area contributed by atoms with Crippen molar-refractivity contribution < 1.29 is 14.4 Å². The highest BCUT2D eigenvalue weighted by atomic mass is 16.5. The van der Waals surface area contributed by atoms with Gasteiger partial charge in [0.25, 0.3) is 11.8 Å². The highest BCUT2D eigenvalue weighted by Gasteiger charge is 2.07. The van der Waals surface area contributed by atoms with Crippen molar-refractivity contribution in [1.82, 2.24) is 20.1 Å². The van der Waals surface area contributed by atoms with Gasteiger partial charge >= 0.3 is 0 Å². The highest BCUT2D eigenvalue weighted by Crippen LogP contribution is 2.15. The van der Waals surface area contributed by atoms with Gasteiger partial charge in [0, 0.05) is 25.4 Å². The first-order chi connectivity index (χ1) is 8.83. The lowest BCUT2D eigenvalue weighted by Crippen LogP contribution is -2.09. The summed E-state index contributed by atoms with van der Waals surface area (Å²) >= 11 is 0. The van der Waals surface area contributed by atoms with Gasteiger partial charge in [-0.15, -0.1) is 0 Å². The van der Waals surface area contributed by atoms with Crippen LogP contribution in [0.25, 0.3) is 0 Å². The quantitative estimate of drug-likeness (QED) is 0.739. The van der Waals surface area contributed by atoms with Crippen LogP contribution in [0.2, 0.25) is 0 Å². The third kappa shape index (κ3) is 2.92. The Morgan fingerprint density at radius 2 is 2.22 bits per heavy atom. The van der Waals surface area contributed by atoms with Crippen molar-refractivity contribution in [2.24, 2.45) is 0 Å². The largest absolute Gasteiger partial charge is 0.478 e. The first-order valence-corrected chi connectivity index (χ1v) is 5.34. The lowest BCUT2D eigenvalue weighted by Gasteiger charge is -2.06. The number of hydrogen-bond donors (Lipinski definition) is 2. The Hall–Kier alpha value is -2.22. The van der Waals surface area contributed by atoms with E-state index in [2.05, 4.69) is 25.4 Å². The van der Waals surface area contributed by atoms with Crippen LogP contribution in [-0.2, 0) is 13.0 Å². The fourth-order valence-electron chi connectivity index (χ4n) is 1.34. The van der Waals surface area contributed by atoms with Crippen LogP contribution in [0.5, 0.6) is 5.88 Å². The maximum Gasteiger partial charge on any atom is 0.257 e. The van der Waals surface area contributed by atoms with Crippen molar-refractivity contribution >= 4 is 5.82 Å². The summed E-state index contributed by atoms with van der Waals surface area (Å²) in [5.74, 6) is 1.73.